The van der Waals surface area contributed by atoms with Crippen molar-refractivity contribution in [3.05, 3.63) is 71.3 Å². The van der Waals surface area contributed by atoms with Crippen LogP contribution in [0.3, 0.4) is 0 Å². The molecule has 2 aromatic heterocycles. The van der Waals surface area contributed by atoms with Gasteiger partial charge in [-0.3, -0.25) is 9.59 Å². The van der Waals surface area contributed by atoms with Gasteiger partial charge in [0.1, 0.15) is 18.5 Å². The summed E-state index contributed by atoms with van der Waals surface area (Å²) in [6.07, 6.45) is 7.20. The zero-order valence-corrected chi connectivity index (χ0v) is 27.8. The quantitative estimate of drug-likeness (QED) is 0.182. The average molecular weight is 609 g/mol. The van der Waals surface area contributed by atoms with Gasteiger partial charge in [0.15, 0.2) is 0 Å². The first-order valence-electron chi connectivity index (χ1n) is 15.2. The molecule has 44 heavy (non-hydrogen) atoms. The lowest BCUT2D eigenvalue weighted by Crippen LogP contribution is -2.33. The molecular weight excluding hydrogens is 560 g/mol. The van der Waals surface area contributed by atoms with Crippen molar-refractivity contribution in [2.24, 2.45) is 24.3 Å². The Labute approximate surface area is 261 Å². The van der Waals surface area contributed by atoms with E-state index in [1.807, 2.05) is 71.4 Å². The van der Waals surface area contributed by atoms with Crippen molar-refractivity contribution in [3.8, 4) is 0 Å². The van der Waals surface area contributed by atoms with Crippen molar-refractivity contribution in [3.63, 3.8) is 0 Å². The number of aryl methyl sites for hydroxylation is 1. The van der Waals surface area contributed by atoms with Crippen LogP contribution in [0.1, 0.15) is 95.8 Å². The maximum Gasteiger partial charge on any atom is 0.419 e. The van der Waals surface area contributed by atoms with Crippen LogP contribution in [0, 0.1) is 24.2 Å². The zero-order chi connectivity index (χ0) is 32.8. The number of carbonyl (C=O) groups is 3. The fraction of sp³-hybridized carbons (Fsp3) is 0.559. The van der Waals surface area contributed by atoms with Crippen molar-refractivity contribution >= 4 is 18.0 Å². The smallest absolute Gasteiger partial charge is 0.419 e. The maximum atomic E-state index is 13.5. The first-order valence-corrected chi connectivity index (χ1v) is 15.2. The molecule has 0 amide bonds. The summed E-state index contributed by atoms with van der Waals surface area (Å²) >= 11 is 0. The third kappa shape index (κ3) is 9.03. The van der Waals surface area contributed by atoms with Crippen LogP contribution in [0.2, 0.25) is 0 Å². The van der Waals surface area contributed by atoms with Gasteiger partial charge in [0.2, 0.25) is 0 Å². The Morgan fingerprint density at radius 3 is 2.32 bits per heavy atom. The highest BCUT2D eigenvalue weighted by Gasteiger charge is 2.32. The number of nitrogens with zero attached hydrogens (tertiary/aromatic N) is 4. The molecule has 10 heteroatoms. The van der Waals surface area contributed by atoms with Gasteiger partial charge in [-0.05, 0) is 78.0 Å². The molecule has 0 aliphatic carbocycles. The minimum atomic E-state index is -0.646. The first-order chi connectivity index (χ1) is 20.5. The number of hydrogen-bond acceptors (Lipinski definition) is 8. The summed E-state index contributed by atoms with van der Waals surface area (Å²) in [5, 5.41) is 0. The SMILES string of the molecule is CCC(C(=O)OCc1cccc([C@H](C)c2cn(C(=O)OC(C)(C)C)cn2)c1C)[C@H](COC(=O)C(C)(C)C)Cc1cncn1C. The Hall–Kier alpha value is -3.95. The number of rotatable bonds is 11. The molecule has 0 saturated carbocycles. The van der Waals surface area contributed by atoms with Gasteiger partial charge in [0.05, 0.1) is 30.0 Å². The second kappa shape index (κ2) is 14.2. The molecule has 10 nitrogen and oxygen atoms in total. The number of benzene rings is 1. The minimum Gasteiger partial charge on any atom is -0.465 e. The highest BCUT2D eigenvalue weighted by molar-refractivity contribution is 5.76. The topological polar surface area (TPSA) is 115 Å². The Morgan fingerprint density at radius 1 is 1.02 bits per heavy atom. The van der Waals surface area contributed by atoms with E-state index in [2.05, 4.69) is 9.97 Å². The fourth-order valence-electron chi connectivity index (χ4n) is 4.98. The van der Waals surface area contributed by atoms with Crippen LogP contribution in [0.15, 0.2) is 43.2 Å². The van der Waals surface area contributed by atoms with E-state index < -0.39 is 23.0 Å². The van der Waals surface area contributed by atoms with Gasteiger partial charge in [-0.2, -0.15) is 0 Å². The molecule has 3 aromatic rings. The molecule has 0 fully saturated rings. The van der Waals surface area contributed by atoms with Crippen LogP contribution in [0.4, 0.5) is 4.79 Å². The first kappa shape index (κ1) is 34.5. The van der Waals surface area contributed by atoms with Gasteiger partial charge in [-0.1, -0.05) is 32.0 Å². The summed E-state index contributed by atoms with van der Waals surface area (Å²) in [4.78, 5) is 47.2. The van der Waals surface area contributed by atoms with Gasteiger partial charge in [0.25, 0.3) is 0 Å². The molecule has 0 saturated heterocycles. The van der Waals surface area contributed by atoms with Crippen molar-refractivity contribution in [2.75, 3.05) is 6.61 Å². The van der Waals surface area contributed by atoms with Crippen molar-refractivity contribution in [1.82, 2.24) is 19.1 Å². The lowest BCUT2D eigenvalue weighted by atomic mass is 9.86. The Morgan fingerprint density at radius 2 is 1.73 bits per heavy atom. The Bertz CT molecular complexity index is 1440. The van der Waals surface area contributed by atoms with E-state index in [0.717, 1.165) is 28.1 Å². The molecule has 0 spiro atoms. The Balaban J connectivity index is 1.74. The predicted molar refractivity (Wildman–Crippen MR) is 167 cm³/mol. The van der Waals surface area contributed by atoms with Crippen molar-refractivity contribution in [1.29, 1.82) is 0 Å². The molecule has 1 unspecified atom stereocenters. The van der Waals surface area contributed by atoms with Crippen molar-refractivity contribution in [2.45, 2.75) is 93.3 Å². The molecule has 0 bridgehead atoms. The van der Waals surface area contributed by atoms with Crippen LogP contribution in [0.5, 0.6) is 0 Å². The molecule has 2 heterocycles. The summed E-state index contributed by atoms with van der Waals surface area (Å²) in [7, 11) is 1.90. The summed E-state index contributed by atoms with van der Waals surface area (Å²) in [6.45, 7) is 17.0. The largest absolute Gasteiger partial charge is 0.465 e. The van der Waals surface area contributed by atoms with Gasteiger partial charge in [0, 0.05) is 37.0 Å². The highest BCUT2D eigenvalue weighted by atomic mass is 16.6. The number of carbonyl (C=O) groups excluding carboxylic acids is 3. The monoisotopic (exact) mass is 608 g/mol. The van der Waals surface area contributed by atoms with E-state index >= 15 is 0 Å². The number of aromatic nitrogens is 4. The Kier molecular flexibility index (Phi) is 11.2. The summed E-state index contributed by atoms with van der Waals surface area (Å²) in [6, 6.07) is 5.89. The number of imidazole rings is 2. The second-order valence-electron chi connectivity index (χ2n) is 13.5. The molecule has 0 N–H and O–H groups in total. The molecule has 0 aliphatic heterocycles. The standard InChI is InChI=1S/C34H48N4O6/c1-11-27(25(15-26-16-35-20-37(26)10)19-43-31(40)33(4,5)6)30(39)42-18-24-13-12-14-28(22(24)2)23(3)29-17-38(21-36-29)32(41)44-34(7,8)9/h12-14,16-17,20-21,23,25,27H,11,15,18-19H2,1-10H3/t23-,25-,27?/m0/s1. The fourth-order valence-corrected chi connectivity index (χ4v) is 4.98. The molecule has 3 rings (SSSR count). The normalized spacial score (nSPS) is 14.0. The highest BCUT2D eigenvalue weighted by Crippen LogP contribution is 2.29. The average Bonchev–Trinajstić information content (AvgIpc) is 3.59. The van der Waals surface area contributed by atoms with Crippen LogP contribution in [-0.4, -0.2) is 49.3 Å². The van der Waals surface area contributed by atoms with Gasteiger partial charge in [-0.25, -0.2) is 19.3 Å². The summed E-state index contributed by atoms with van der Waals surface area (Å²) in [5.74, 6) is -1.51. The van der Waals surface area contributed by atoms with E-state index in [0.29, 0.717) is 12.8 Å². The lowest BCUT2D eigenvalue weighted by molar-refractivity contribution is -0.160. The maximum absolute atomic E-state index is 13.5. The van der Waals surface area contributed by atoms with E-state index in [-0.39, 0.29) is 37.0 Å². The number of ether oxygens (including phenoxy) is 3. The van der Waals surface area contributed by atoms with E-state index in [1.54, 1.807) is 39.5 Å². The van der Waals surface area contributed by atoms with Gasteiger partial charge >= 0.3 is 18.0 Å². The summed E-state index contributed by atoms with van der Waals surface area (Å²) < 4.78 is 20.3. The van der Waals surface area contributed by atoms with E-state index in [1.165, 1.54) is 10.9 Å². The third-order valence-corrected chi connectivity index (χ3v) is 7.72. The van der Waals surface area contributed by atoms with Crippen LogP contribution in [-0.2, 0) is 43.9 Å². The van der Waals surface area contributed by atoms with E-state index in [9.17, 15) is 14.4 Å². The van der Waals surface area contributed by atoms with E-state index in [4.69, 9.17) is 14.2 Å². The number of esters is 2. The molecule has 1 aromatic carbocycles. The van der Waals surface area contributed by atoms with Crippen LogP contribution < -0.4 is 0 Å². The predicted octanol–water partition coefficient (Wildman–Crippen LogP) is 6.38. The zero-order valence-electron chi connectivity index (χ0n) is 27.8. The lowest BCUT2D eigenvalue weighted by Gasteiger charge is -2.26. The van der Waals surface area contributed by atoms with Crippen LogP contribution >= 0.6 is 0 Å². The molecule has 0 aliphatic rings. The third-order valence-electron chi connectivity index (χ3n) is 7.72. The van der Waals surface area contributed by atoms with Gasteiger partial charge in [-0.15, -0.1) is 0 Å². The number of hydrogen-bond donors (Lipinski definition) is 0. The molecule has 0 radical (unpaired) electrons. The van der Waals surface area contributed by atoms with Crippen molar-refractivity contribution < 1.29 is 28.6 Å². The molecule has 3 atom stereocenters. The summed E-state index contributed by atoms with van der Waals surface area (Å²) in [5.41, 5.74) is 3.30. The van der Waals surface area contributed by atoms with Crippen LogP contribution in [0.25, 0.3) is 0 Å². The molecular formula is C34H48N4O6. The molecule has 240 valence electrons. The minimum absolute atomic E-state index is 0.105. The van der Waals surface area contributed by atoms with Gasteiger partial charge < -0.3 is 18.8 Å². The second-order valence-corrected chi connectivity index (χ2v) is 13.5.